The second kappa shape index (κ2) is 10.8. The number of sulfone groups is 1. The molecule has 39 heavy (non-hydrogen) atoms. The molecule has 0 saturated heterocycles. The van der Waals surface area contributed by atoms with Gasteiger partial charge in [0.1, 0.15) is 23.2 Å². The summed E-state index contributed by atoms with van der Waals surface area (Å²) in [7, 11) is -2.14. The number of imidazole rings is 1. The van der Waals surface area contributed by atoms with Crippen molar-refractivity contribution < 1.29 is 17.6 Å². The van der Waals surface area contributed by atoms with Crippen molar-refractivity contribution in [2.24, 2.45) is 7.05 Å². The predicted molar refractivity (Wildman–Crippen MR) is 144 cm³/mol. The molecule has 5 aromatic rings. The van der Waals surface area contributed by atoms with E-state index in [1.54, 1.807) is 30.2 Å². The van der Waals surface area contributed by atoms with E-state index >= 15 is 0 Å². The number of pyridine rings is 1. The monoisotopic (exact) mass is 542 g/mol. The molecular weight excluding hydrogens is 519 g/mol. The fraction of sp³-hybridized carbons (Fsp3) is 0.107. The van der Waals surface area contributed by atoms with E-state index in [9.17, 15) is 17.6 Å². The first kappa shape index (κ1) is 25.7. The average Bonchev–Trinajstić information content (AvgIpc) is 3.58. The molecule has 2 N–H and O–H groups in total. The molecule has 0 saturated carbocycles. The summed E-state index contributed by atoms with van der Waals surface area (Å²) in [6, 6.07) is 15.2. The number of aromatic nitrogens is 4. The number of aryl methyl sites for hydroxylation is 1. The van der Waals surface area contributed by atoms with Crippen molar-refractivity contribution in [1.29, 1.82) is 0 Å². The van der Waals surface area contributed by atoms with Crippen LogP contribution in [0.5, 0.6) is 0 Å². The standard InChI is InChI=1S/C28H23FN6O3S/c1-34-13-11-26(33-34)32-19-39(37,38)25-9-6-23(17-22(25)5-2-20-3-7-24(29)8-4-20)28(36)31-18-21-10-14-35-15-12-30-27(35)16-21/h3-4,6-17H,18-19H2,1H3,(H,31,36)(H,32,33). The van der Waals surface area contributed by atoms with E-state index in [0.717, 1.165) is 11.2 Å². The molecule has 0 unspecified atom stereocenters. The molecule has 5 rings (SSSR count). The lowest BCUT2D eigenvalue weighted by atomic mass is 10.1. The summed E-state index contributed by atoms with van der Waals surface area (Å²) in [6.07, 6.45) is 7.06. The highest BCUT2D eigenvalue weighted by Gasteiger charge is 2.20. The van der Waals surface area contributed by atoms with Gasteiger partial charge in [0.2, 0.25) is 0 Å². The van der Waals surface area contributed by atoms with Crippen LogP contribution in [0.1, 0.15) is 27.0 Å². The fourth-order valence-corrected chi connectivity index (χ4v) is 5.03. The van der Waals surface area contributed by atoms with Gasteiger partial charge in [-0.2, -0.15) is 5.10 Å². The van der Waals surface area contributed by atoms with E-state index in [1.165, 1.54) is 42.5 Å². The summed E-state index contributed by atoms with van der Waals surface area (Å²) < 4.78 is 43.2. The Morgan fingerprint density at radius 1 is 1.00 bits per heavy atom. The van der Waals surface area contributed by atoms with Gasteiger partial charge < -0.3 is 15.0 Å². The van der Waals surface area contributed by atoms with Crippen LogP contribution in [0, 0.1) is 17.7 Å². The molecule has 0 spiro atoms. The molecule has 2 aromatic carbocycles. The number of anilines is 1. The highest BCUT2D eigenvalue weighted by atomic mass is 32.2. The molecular formula is C28H23FN6O3S. The van der Waals surface area contributed by atoms with Crippen molar-refractivity contribution in [2.75, 3.05) is 11.2 Å². The SMILES string of the molecule is Cn1ccc(NCS(=O)(=O)c2ccc(C(=O)NCc3ccn4ccnc4c3)cc2C#Cc2ccc(F)cc2)n1. The summed E-state index contributed by atoms with van der Waals surface area (Å²) in [5.41, 5.74) is 2.51. The minimum atomic E-state index is -3.87. The molecule has 11 heteroatoms. The summed E-state index contributed by atoms with van der Waals surface area (Å²) in [5.74, 6) is 4.90. The summed E-state index contributed by atoms with van der Waals surface area (Å²) in [5, 5.41) is 9.78. The first-order valence-corrected chi connectivity index (χ1v) is 13.5. The highest BCUT2D eigenvalue weighted by molar-refractivity contribution is 7.91. The third-order valence-corrected chi connectivity index (χ3v) is 7.39. The Labute approximate surface area is 224 Å². The molecule has 9 nitrogen and oxygen atoms in total. The number of hydrogen-bond donors (Lipinski definition) is 2. The maximum Gasteiger partial charge on any atom is 0.251 e. The zero-order valence-corrected chi connectivity index (χ0v) is 21.6. The fourth-order valence-electron chi connectivity index (χ4n) is 3.82. The van der Waals surface area contributed by atoms with Crippen molar-refractivity contribution in [2.45, 2.75) is 11.4 Å². The van der Waals surface area contributed by atoms with Crippen molar-refractivity contribution in [1.82, 2.24) is 24.5 Å². The highest BCUT2D eigenvalue weighted by Crippen LogP contribution is 2.20. The maximum atomic E-state index is 13.3. The number of carbonyl (C=O) groups is 1. The molecule has 1 amide bonds. The zero-order valence-electron chi connectivity index (χ0n) is 20.8. The van der Waals surface area contributed by atoms with Gasteiger partial charge in [-0.15, -0.1) is 0 Å². The van der Waals surface area contributed by atoms with Crippen LogP contribution in [0.3, 0.4) is 0 Å². The topological polar surface area (TPSA) is 110 Å². The van der Waals surface area contributed by atoms with Gasteiger partial charge in [-0.05, 0) is 60.2 Å². The number of rotatable bonds is 7. The molecule has 0 bridgehead atoms. The Bertz CT molecular complexity index is 1830. The molecule has 0 fully saturated rings. The van der Waals surface area contributed by atoms with Gasteiger partial charge in [-0.1, -0.05) is 11.8 Å². The van der Waals surface area contributed by atoms with Crippen LogP contribution in [0.2, 0.25) is 0 Å². The van der Waals surface area contributed by atoms with Crippen LogP contribution in [-0.2, 0) is 23.4 Å². The molecule has 3 aromatic heterocycles. The van der Waals surface area contributed by atoms with Gasteiger partial charge in [0.25, 0.3) is 5.91 Å². The zero-order chi connectivity index (χ0) is 27.4. The third-order valence-electron chi connectivity index (χ3n) is 5.83. The van der Waals surface area contributed by atoms with Crippen molar-refractivity contribution in [3.63, 3.8) is 0 Å². The number of carbonyl (C=O) groups excluding carboxylic acids is 1. The molecule has 0 aliphatic rings. The quantitative estimate of drug-likeness (QED) is 0.305. The molecule has 196 valence electrons. The third kappa shape index (κ3) is 6.14. The number of nitrogens with zero attached hydrogens (tertiary/aromatic N) is 4. The molecule has 0 aliphatic carbocycles. The Morgan fingerprint density at radius 2 is 1.82 bits per heavy atom. The predicted octanol–water partition coefficient (Wildman–Crippen LogP) is 3.38. The van der Waals surface area contributed by atoms with Crippen LogP contribution < -0.4 is 10.6 Å². The Kier molecular flexibility index (Phi) is 7.12. The number of halogens is 1. The second-order valence-corrected chi connectivity index (χ2v) is 10.6. The molecule has 0 aliphatic heterocycles. The van der Waals surface area contributed by atoms with Crippen LogP contribution in [0.25, 0.3) is 5.65 Å². The number of nitrogens with one attached hydrogen (secondary N) is 2. The lowest BCUT2D eigenvalue weighted by Crippen LogP contribution is -2.23. The van der Waals surface area contributed by atoms with Gasteiger partial charge in [0.15, 0.2) is 9.84 Å². The Hall–Kier alpha value is -4.95. The second-order valence-electron chi connectivity index (χ2n) is 8.69. The number of fused-ring (bicyclic) bond motifs is 1. The summed E-state index contributed by atoms with van der Waals surface area (Å²) in [6.45, 7) is 0.257. The van der Waals surface area contributed by atoms with Crippen molar-refractivity contribution >= 4 is 27.2 Å². The molecule has 3 heterocycles. The van der Waals surface area contributed by atoms with Gasteiger partial charge in [-0.25, -0.2) is 17.8 Å². The van der Waals surface area contributed by atoms with Crippen LogP contribution in [0.4, 0.5) is 10.2 Å². The van der Waals surface area contributed by atoms with Crippen molar-refractivity contribution in [3.8, 4) is 11.8 Å². The Morgan fingerprint density at radius 3 is 2.59 bits per heavy atom. The van der Waals surface area contributed by atoms with Gasteiger partial charge in [0.05, 0.1) is 4.90 Å². The van der Waals surface area contributed by atoms with Gasteiger partial charge in [0, 0.05) is 61.1 Å². The van der Waals surface area contributed by atoms with Crippen LogP contribution >= 0.6 is 0 Å². The van der Waals surface area contributed by atoms with Gasteiger partial charge in [-0.3, -0.25) is 9.48 Å². The Balaban J connectivity index is 1.41. The van der Waals surface area contributed by atoms with Gasteiger partial charge >= 0.3 is 0 Å². The smallest absolute Gasteiger partial charge is 0.251 e. The van der Waals surface area contributed by atoms with E-state index in [2.05, 4.69) is 32.6 Å². The lowest BCUT2D eigenvalue weighted by Gasteiger charge is -2.11. The molecule has 0 radical (unpaired) electrons. The summed E-state index contributed by atoms with van der Waals surface area (Å²) in [4.78, 5) is 17.2. The maximum absolute atomic E-state index is 13.3. The van der Waals surface area contributed by atoms with E-state index < -0.39 is 27.4 Å². The number of hydrogen-bond acceptors (Lipinski definition) is 6. The van der Waals surface area contributed by atoms with Crippen LogP contribution in [-0.4, -0.2) is 39.4 Å². The largest absolute Gasteiger partial charge is 0.354 e. The minimum absolute atomic E-state index is 0.0400. The van der Waals surface area contributed by atoms with E-state index in [4.69, 9.17) is 0 Å². The first-order chi connectivity index (χ1) is 18.8. The van der Waals surface area contributed by atoms with E-state index in [-0.39, 0.29) is 22.6 Å². The number of amides is 1. The average molecular weight is 543 g/mol. The normalized spacial score (nSPS) is 11.1. The summed E-state index contributed by atoms with van der Waals surface area (Å²) >= 11 is 0. The molecule has 0 atom stereocenters. The lowest BCUT2D eigenvalue weighted by molar-refractivity contribution is 0.0950. The van der Waals surface area contributed by atoms with Crippen LogP contribution in [0.15, 0.2) is 90.3 Å². The first-order valence-electron chi connectivity index (χ1n) is 11.8. The minimum Gasteiger partial charge on any atom is -0.354 e. The van der Waals surface area contributed by atoms with Crippen molar-refractivity contribution in [3.05, 3.63) is 114 Å². The van der Waals surface area contributed by atoms with E-state index in [1.807, 2.05) is 28.9 Å². The van der Waals surface area contributed by atoms with E-state index in [0.29, 0.717) is 11.4 Å². The number of benzene rings is 2.